The molecule has 1 atom stereocenters. The van der Waals surface area contributed by atoms with E-state index in [1.54, 1.807) is 13.0 Å². The van der Waals surface area contributed by atoms with E-state index in [4.69, 9.17) is 11.6 Å². The number of carbonyl (C=O) groups is 2. The zero-order chi connectivity index (χ0) is 24.5. The largest absolute Gasteiger partial charge is 0.573 e. The molecule has 0 radical (unpaired) electrons. The van der Waals surface area contributed by atoms with Crippen LogP contribution in [0.1, 0.15) is 48.3 Å². The number of hydrogen-bond acceptors (Lipinski definition) is 6. The van der Waals surface area contributed by atoms with Gasteiger partial charge in [0, 0.05) is 37.2 Å². The normalized spacial score (nSPS) is 18.5. The first-order chi connectivity index (χ1) is 16.1. The Morgan fingerprint density at radius 2 is 1.97 bits per heavy atom. The Hall–Kier alpha value is -2.88. The summed E-state index contributed by atoms with van der Waals surface area (Å²) in [6.45, 7) is 2.94. The van der Waals surface area contributed by atoms with Crippen LogP contribution in [0.15, 0.2) is 24.3 Å². The molecule has 1 aromatic carbocycles. The number of nitrogens with one attached hydrogen (secondary N) is 1. The first-order valence-electron chi connectivity index (χ1n) is 11.1. The van der Waals surface area contributed by atoms with Gasteiger partial charge in [0.1, 0.15) is 11.4 Å². The van der Waals surface area contributed by atoms with E-state index in [-0.39, 0.29) is 52.4 Å². The Kier molecular flexibility index (Phi) is 6.97. The third kappa shape index (κ3) is 6.37. The standard InChI is InChI=1S/C23H24ClF3N4O3/c1-13-9-18(29-22(28-13)30-21(33)15-4-5-15)20(32)10-14-3-2-8-31(12-14)19-7-6-16(11-17(19)24)34-23(25,26)27/h6-7,9,11,14-15H,2-5,8,10,12H2,1H3,(H,28,29,30,33)/t14-/m0/s1. The number of nitrogens with zero attached hydrogens (tertiary/aromatic N) is 3. The Bertz CT molecular complexity index is 1090. The van der Waals surface area contributed by atoms with Crippen molar-refractivity contribution in [3.8, 4) is 5.75 Å². The summed E-state index contributed by atoms with van der Waals surface area (Å²) in [6.07, 6.45) is -1.21. The highest BCUT2D eigenvalue weighted by atomic mass is 35.5. The Labute approximate surface area is 199 Å². The van der Waals surface area contributed by atoms with Crippen molar-refractivity contribution in [3.05, 3.63) is 40.7 Å². The second kappa shape index (κ2) is 9.77. The van der Waals surface area contributed by atoms with E-state index >= 15 is 0 Å². The number of benzene rings is 1. The number of hydrogen-bond donors (Lipinski definition) is 1. The van der Waals surface area contributed by atoms with Crippen LogP contribution in [-0.4, -0.2) is 41.1 Å². The van der Waals surface area contributed by atoms with E-state index in [0.717, 1.165) is 31.7 Å². The van der Waals surface area contributed by atoms with E-state index < -0.39 is 6.36 Å². The summed E-state index contributed by atoms with van der Waals surface area (Å²) in [5.41, 5.74) is 1.43. The lowest BCUT2D eigenvalue weighted by molar-refractivity contribution is -0.274. The van der Waals surface area contributed by atoms with Gasteiger partial charge in [0.25, 0.3) is 0 Å². The number of halogens is 4. The third-order valence-electron chi connectivity index (χ3n) is 5.81. The average molecular weight is 497 g/mol. The number of aryl methyl sites for hydroxylation is 1. The molecule has 0 unspecified atom stereocenters. The number of piperidine rings is 1. The average Bonchev–Trinajstić information content (AvgIpc) is 3.58. The number of Topliss-reactive ketones (excluding diaryl/α,β-unsaturated/α-hetero) is 1. The molecule has 1 saturated heterocycles. The Balaban J connectivity index is 1.40. The molecular weight excluding hydrogens is 473 g/mol. The molecule has 2 aromatic rings. The summed E-state index contributed by atoms with van der Waals surface area (Å²) < 4.78 is 41.3. The van der Waals surface area contributed by atoms with Crippen molar-refractivity contribution in [1.29, 1.82) is 0 Å². The lowest BCUT2D eigenvalue weighted by Crippen LogP contribution is -2.36. The minimum absolute atomic E-state index is 0.00241. The highest BCUT2D eigenvalue weighted by Crippen LogP contribution is 2.35. The SMILES string of the molecule is Cc1cc(C(=O)C[C@@H]2CCCN(c3ccc(OC(F)(F)F)cc3Cl)C2)nc(NC(=O)C2CC2)n1. The summed E-state index contributed by atoms with van der Waals surface area (Å²) >= 11 is 6.24. The fourth-order valence-corrected chi connectivity index (χ4v) is 4.37. The topological polar surface area (TPSA) is 84.4 Å². The Morgan fingerprint density at radius 1 is 1.21 bits per heavy atom. The maximum atomic E-state index is 13.0. The highest BCUT2D eigenvalue weighted by molar-refractivity contribution is 6.33. The molecule has 7 nitrogen and oxygen atoms in total. The monoisotopic (exact) mass is 496 g/mol. The highest BCUT2D eigenvalue weighted by Gasteiger charge is 2.32. The number of anilines is 2. The van der Waals surface area contributed by atoms with E-state index in [2.05, 4.69) is 20.0 Å². The smallest absolute Gasteiger partial charge is 0.406 e. The number of rotatable bonds is 7. The van der Waals surface area contributed by atoms with Gasteiger partial charge < -0.3 is 9.64 Å². The van der Waals surface area contributed by atoms with Crippen LogP contribution in [0.5, 0.6) is 5.75 Å². The number of ketones is 1. The molecule has 1 aromatic heterocycles. The van der Waals surface area contributed by atoms with Crippen LogP contribution in [0.25, 0.3) is 0 Å². The van der Waals surface area contributed by atoms with Gasteiger partial charge in [-0.1, -0.05) is 11.6 Å². The lowest BCUT2D eigenvalue weighted by Gasteiger charge is -2.34. The first-order valence-corrected chi connectivity index (χ1v) is 11.4. The quantitative estimate of drug-likeness (QED) is 0.532. The first kappa shape index (κ1) is 24.3. The predicted octanol–water partition coefficient (Wildman–Crippen LogP) is 5.17. The molecule has 11 heteroatoms. The minimum atomic E-state index is -4.79. The van der Waals surface area contributed by atoms with Crippen molar-refractivity contribution in [1.82, 2.24) is 9.97 Å². The zero-order valence-corrected chi connectivity index (χ0v) is 19.2. The summed E-state index contributed by atoms with van der Waals surface area (Å²) in [5.74, 6) is -0.512. The molecule has 1 aliphatic carbocycles. The zero-order valence-electron chi connectivity index (χ0n) is 18.5. The van der Waals surface area contributed by atoms with Crippen LogP contribution < -0.4 is 15.0 Å². The van der Waals surface area contributed by atoms with E-state index in [9.17, 15) is 22.8 Å². The molecule has 4 rings (SSSR count). The maximum Gasteiger partial charge on any atom is 0.573 e. The van der Waals surface area contributed by atoms with Crippen LogP contribution >= 0.6 is 11.6 Å². The van der Waals surface area contributed by atoms with Gasteiger partial charge in [0.15, 0.2) is 5.78 Å². The van der Waals surface area contributed by atoms with Crippen molar-refractivity contribution in [2.45, 2.75) is 45.4 Å². The number of ether oxygens (including phenoxy) is 1. The van der Waals surface area contributed by atoms with Crippen LogP contribution in [0.2, 0.25) is 5.02 Å². The van der Waals surface area contributed by atoms with Crippen molar-refractivity contribution < 1.29 is 27.5 Å². The fourth-order valence-electron chi connectivity index (χ4n) is 4.08. The van der Waals surface area contributed by atoms with Crippen LogP contribution in [-0.2, 0) is 4.79 Å². The van der Waals surface area contributed by atoms with Crippen molar-refractivity contribution in [2.24, 2.45) is 11.8 Å². The van der Waals surface area contributed by atoms with Gasteiger partial charge in [0.2, 0.25) is 11.9 Å². The summed E-state index contributed by atoms with van der Waals surface area (Å²) in [5, 5.41) is 2.83. The molecule has 1 saturated carbocycles. The number of amides is 1. The second-order valence-electron chi connectivity index (χ2n) is 8.72. The molecule has 1 aliphatic heterocycles. The fraction of sp³-hybridized carbons (Fsp3) is 0.478. The molecule has 34 heavy (non-hydrogen) atoms. The summed E-state index contributed by atoms with van der Waals surface area (Å²) in [7, 11) is 0. The van der Waals surface area contributed by atoms with E-state index in [0.29, 0.717) is 24.5 Å². The lowest BCUT2D eigenvalue weighted by atomic mass is 9.91. The van der Waals surface area contributed by atoms with Crippen LogP contribution in [0.3, 0.4) is 0 Å². The van der Waals surface area contributed by atoms with Gasteiger partial charge in [0.05, 0.1) is 10.7 Å². The maximum absolute atomic E-state index is 13.0. The van der Waals surface area contributed by atoms with Crippen molar-refractivity contribution in [3.63, 3.8) is 0 Å². The summed E-state index contributed by atoms with van der Waals surface area (Å²) in [4.78, 5) is 35.4. The third-order valence-corrected chi connectivity index (χ3v) is 6.11. The minimum Gasteiger partial charge on any atom is -0.406 e. The molecule has 182 valence electrons. The molecule has 2 heterocycles. The molecular formula is C23H24ClF3N4O3. The molecule has 2 fully saturated rings. The van der Waals surface area contributed by atoms with Gasteiger partial charge in [-0.3, -0.25) is 14.9 Å². The van der Waals surface area contributed by atoms with Crippen LogP contribution in [0, 0.1) is 18.8 Å². The van der Waals surface area contributed by atoms with Gasteiger partial charge in [-0.15, -0.1) is 13.2 Å². The molecule has 0 spiro atoms. The van der Waals surface area contributed by atoms with Crippen molar-refractivity contribution >= 4 is 34.9 Å². The molecule has 1 amide bonds. The molecule has 0 bridgehead atoms. The number of aromatic nitrogens is 2. The van der Waals surface area contributed by atoms with Gasteiger partial charge in [-0.05, 0) is 56.7 Å². The molecule has 1 N–H and O–H groups in total. The van der Waals surface area contributed by atoms with Gasteiger partial charge >= 0.3 is 6.36 Å². The van der Waals surface area contributed by atoms with Crippen LogP contribution in [0.4, 0.5) is 24.8 Å². The van der Waals surface area contributed by atoms with E-state index in [1.807, 2.05) is 4.90 Å². The molecule has 2 aliphatic rings. The van der Waals surface area contributed by atoms with Gasteiger partial charge in [-0.25, -0.2) is 9.97 Å². The summed E-state index contributed by atoms with van der Waals surface area (Å²) in [6, 6.07) is 5.47. The van der Waals surface area contributed by atoms with Gasteiger partial charge in [-0.2, -0.15) is 0 Å². The Morgan fingerprint density at radius 3 is 2.65 bits per heavy atom. The van der Waals surface area contributed by atoms with E-state index in [1.165, 1.54) is 12.1 Å². The number of alkyl halides is 3. The second-order valence-corrected chi connectivity index (χ2v) is 9.13. The predicted molar refractivity (Wildman–Crippen MR) is 120 cm³/mol. The number of carbonyl (C=O) groups excluding carboxylic acids is 2. The van der Waals surface area contributed by atoms with Crippen molar-refractivity contribution in [2.75, 3.05) is 23.3 Å².